The molecule has 1 heterocycles. The summed E-state index contributed by atoms with van der Waals surface area (Å²) in [5.41, 5.74) is 0. The lowest BCUT2D eigenvalue weighted by atomic mass is 9.83. The van der Waals surface area contributed by atoms with E-state index >= 15 is 0 Å². The number of hydrogen-bond donors (Lipinski definition) is 0. The van der Waals surface area contributed by atoms with Crippen LogP contribution in [0.1, 0.15) is 72.1 Å². The van der Waals surface area contributed by atoms with E-state index in [1.165, 1.54) is 77.5 Å². The Bertz CT molecular complexity index is 250. The molecule has 0 bridgehead atoms. The lowest BCUT2D eigenvalue weighted by molar-refractivity contribution is 0.0541. The smallest absolute Gasteiger partial charge is 0.0122 e. The van der Waals surface area contributed by atoms with E-state index in [4.69, 9.17) is 0 Å². The second-order valence-electron chi connectivity index (χ2n) is 6.99. The van der Waals surface area contributed by atoms with Crippen molar-refractivity contribution in [3.63, 3.8) is 0 Å². The van der Waals surface area contributed by atoms with Gasteiger partial charge in [0.25, 0.3) is 0 Å². The third-order valence-corrected chi connectivity index (χ3v) is 5.79. The van der Waals surface area contributed by atoms with Crippen LogP contribution in [-0.4, -0.2) is 48.1 Å². The number of piperidine rings is 1. The molecule has 2 rings (SSSR count). The Hall–Kier alpha value is -0.0800. The minimum Gasteiger partial charge on any atom is -0.303 e. The summed E-state index contributed by atoms with van der Waals surface area (Å²) in [7, 11) is 0. The second kappa shape index (κ2) is 8.38. The molecular formula is C18H36N2. The van der Waals surface area contributed by atoms with Gasteiger partial charge in [-0.3, -0.25) is 4.90 Å². The molecule has 0 radical (unpaired) electrons. The largest absolute Gasteiger partial charge is 0.303 e. The molecule has 1 saturated carbocycles. The zero-order chi connectivity index (χ0) is 14.4. The van der Waals surface area contributed by atoms with Crippen molar-refractivity contribution in [1.82, 2.24) is 9.80 Å². The fraction of sp³-hybridized carbons (Fsp3) is 1.00. The van der Waals surface area contributed by atoms with Crippen LogP contribution in [0.4, 0.5) is 0 Å². The zero-order valence-electron chi connectivity index (χ0n) is 14.1. The Morgan fingerprint density at radius 2 is 1.45 bits per heavy atom. The number of hydrogen-bond acceptors (Lipinski definition) is 2. The lowest BCUT2D eigenvalue weighted by Gasteiger charge is -2.44. The molecule has 2 nitrogen and oxygen atoms in total. The first kappa shape index (κ1) is 16.3. The molecule has 0 atom stereocenters. The molecule has 0 aromatic rings. The molecule has 1 aliphatic carbocycles. The predicted molar refractivity (Wildman–Crippen MR) is 88.2 cm³/mol. The monoisotopic (exact) mass is 280 g/mol. The van der Waals surface area contributed by atoms with Gasteiger partial charge in [0, 0.05) is 12.1 Å². The van der Waals surface area contributed by atoms with Crippen molar-refractivity contribution in [3.05, 3.63) is 0 Å². The van der Waals surface area contributed by atoms with Crippen molar-refractivity contribution in [1.29, 1.82) is 0 Å². The van der Waals surface area contributed by atoms with E-state index in [1.54, 1.807) is 0 Å². The number of likely N-dealkylation sites (tertiary alicyclic amines) is 1. The maximum absolute atomic E-state index is 2.87. The molecule has 0 aromatic carbocycles. The molecular weight excluding hydrogens is 244 g/mol. The summed E-state index contributed by atoms with van der Waals surface area (Å²) < 4.78 is 0. The van der Waals surface area contributed by atoms with Crippen LogP contribution >= 0.6 is 0 Å². The molecule has 0 spiro atoms. The van der Waals surface area contributed by atoms with E-state index in [-0.39, 0.29) is 0 Å². The molecule has 2 heteroatoms. The topological polar surface area (TPSA) is 6.48 Å². The average molecular weight is 280 g/mol. The van der Waals surface area contributed by atoms with Crippen LogP contribution in [0.25, 0.3) is 0 Å². The quantitative estimate of drug-likeness (QED) is 0.721. The van der Waals surface area contributed by atoms with Crippen molar-refractivity contribution >= 4 is 0 Å². The van der Waals surface area contributed by atoms with E-state index < -0.39 is 0 Å². The Labute approximate surface area is 126 Å². The van der Waals surface area contributed by atoms with Gasteiger partial charge in [0.05, 0.1) is 0 Å². The third-order valence-electron chi connectivity index (χ3n) is 5.79. The van der Waals surface area contributed by atoms with Crippen molar-refractivity contribution in [3.8, 4) is 0 Å². The van der Waals surface area contributed by atoms with Crippen LogP contribution in [0.2, 0.25) is 0 Å². The summed E-state index contributed by atoms with van der Waals surface area (Å²) in [5, 5.41) is 0. The van der Waals surface area contributed by atoms with Crippen LogP contribution < -0.4 is 0 Å². The molecule has 118 valence electrons. The van der Waals surface area contributed by atoms with Gasteiger partial charge >= 0.3 is 0 Å². The highest BCUT2D eigenvalue weighted by Gasteiger charge is 2.30. The first-order valence-corrected chi connectivity index (χ1v) is 9.26. The van der Waals surface area contributed by atoms with Gasteiger partial charge in [0.1, 0.15) is 0 Å². The maximum Gasteiger partial charge on any atom is 0.0122 e. The summed E-state index contributed by atoms with van der Waals surface area (Å²) >= 11 is 0. The molecule has 2 aliphatic rings. The van der Waals surface area contributed by atoms with Crippen molar-refractivity contribution in [2.24, 2.45) is 5.92 Å². The minimum absolute atomic E-state index is 0.872. The number of rotatable bonds is 6. The van der Waals surface area contributed by atoms with Crippen LogP contribution in [-0.2, 0) is 0 Å². The summed E-state index contributed by atoms with van der Waals surface area (Å²) in [5.74, 6) is 1.02. The van der Waals surface area contributed by atoms with Gasteiger partial charge < -0.3 is 4.90 Å². The van der Waals surface area contributed by atoms with Gasteiger partial charge in [-0.15, -0.1) is 0 Å². The first-order valence-electron chi connectivity index (χ1n) is 9.26. The fourth-order valence-electron chi connectivity index (χ4n) is 4.49. The average Bonchev–Trinajstić information content (AvgIpc) is 2.51. The Morgan fingerprint density at radius 3 is 1.95 bits per heavy atom. The van der Waals surface area contributed by atoms with Crippen LogP contribution in [0.5, 0.6) is 0 Å². The predicted octanol–water partition coefficient (Wildman–Crippen LogP) is 4.15. The Morgan fingerprint density at radius 1 is 0.850 bits per heavy atom. The van der Waals surface area contributed by atoms with E-state index in [0.717, 1.165) is 18.0 Å². The zero-order valence-corrected chi connectivity index (χ0v) is 14.1. The van der Waals surface area contributed by atoms with E-state index in [9.17, 15) is 0 Å². The third kappa shape index (κ3) is 4.21. The summed E-state index contributed by atoms with van der Waals surface area (Å²) in [6.45, 7) is 12.3. The molecule has 0 aromatic heterocycles. The standard InChI is InChI=1S/C18H36N2/c1-4-13-19-14-11-18(12-15-19)20(6-3)17-9-7-16(5-2)8-10-17/h16-18H,4-15H2,1-3H3. The molecule has 0 N–H and O–H groups in total. The van der Waals surface area contributed by atoms with Crippen LogP contribution in [0.15, 0.2) is 0 Å². The molecule has 1 saturated heterocycles. The highest BCUT2D eigenvalue weighted by atomic mass is 15.2. The maximum atomic E-state index is 2.87. The van der Waals surface area contributed by atoms with Gasteiger partial charge in [-0.05, 0) is 77.0 Å². The minimum atomic E-state index is 0.872. The van der Waals surface area contributed by atoms with Gasteiger partial charge in [0.2, 0.25) is 0 Å². The van der Waals surface area contributed by atoms with Gasteiger partial charge in [-0.2, -0.15) is 0 Å². The molecule has 0 unspecified atom stereocenters. The molecule has 20 heavy (non-hydrogen) atoms. The number of nitrogens with zero attached hydrogens (tertiary/aromatic N) is 2. The lowest BCUT2D eigenvalue weighted by Crippen LogP contribution is -2.50. The second-order valence-corrected chi connectivity index (χ2v) is 6.99. The normalized spacial score (nSPS) is 30.0. The Balaban J connectivity index is 1.80. The highest BCUT2D eigenvalue weighted by molar-refractivity contribution is 4.86. The Kier molecular flexibility index (Phi) is 6.83. The van der Waals surface area contributed by atoms with Gasteiger partial charge in [-0.1, -0.05) is 27.2 Å². The van der Waals surface area contributed by atoms with Gasteiger partial charge in [0.15, 0.2) is 0 Å². The molecule has 2 fully saturated rings. The fourth-order valence-corrected chi connectivity index (χ4v) is 4.49. The van der Waals surface area contributed by atoms with E-state index in [0.29, 0.717) is 0 Å². The van der Waals surface area contributed by atoms with Crippen molar-refractivity contribution < 1.29 is 0 Å². The molecule has 0 amide bonds. The SMILES string of the molecule is CCCN1CCC(N(CC)C2CCC(CC)CC2)CC1. The first-order chi connectivity index (χ1) is 9.78. The van der Waals surface area contributed by atoms with Crippen LogP contribution in [0, 0.1) is 5.92 Å². The summed E-state index contributed by atoms with van der Waals surface area (Å²) in [6, 6.07) is 1.77. The van der Waals surface area contributed by atoms with E-state index in [2.05, 4.69) is 30.6 Å². The van der Waals surface area contributed by atoms with Crippen molar-refractivity contribution in [2.75, 3.05) is 26.2 Å². The van der Waals surface area contributed by atoms with Crippen LogP contribution in [0.3, 0.4) is 0 Å². The summed E-state index contributed by atoms with van der Waals surface area (Å²) in [6.07, 6.45) is 11.4. The molecule has 1 aliphatic heterocycles. The summed E-state index contributed by atoms with van der Waals surface area (Å²) in [4.78, 5) is 5.54. The van der Waals surface area contributed by atoms with Crippen molar-refractivity contribution in [2.45, 2.75) is 84.2 Å². The highest BCUT2D eigenvalue weighted by Crippen LogP contribution is 2.32. The van der Waals surface area contributed by atoms with Gasteiger partial charge in [-0.25, -0.2) is 0 Å². The van der Waals surface area contributed by atoms with E-state index in [1.807, 2.05) is 0 Å².